The van der Waals surface area contributed by atoms with Crippen molar-refractivity contribution in [2.75, 3.05) is 44.2 Å². The molecule has 1 fully saturated rings. The van der Waals surface area contributed by atoms with Crippen molar-refractivity contribution in [2.45, 2.75) is 53.6 Å². The molecule has 0 atom stereocenters. The summed E-state index contributed by atoms with van der Waals surface area (Å²) in [6, 6.07) is 7.02. The van der Waals surface area contributed by atoms with Crippen LogP contribution in [0.25, 0.3) is 11.0 Å². The number of fused-ring (bicyclic) bond motifs is 1. The van der Waals surface area contributed by atoms with E-state index in [0.717, 1.165) is 16.5 Å². The number of allylic oxidation sites excluding steroid dienone is 1. The molecule has 8 heteroatoms. The topological polar surface area (TPSA) is 83.3 Å². The van der Waals surface area contributed by atoms with Crippen LogP contribution in [0.1, 0.15) is 46.6 Å². The highest BCUT2D eigenvalue weighted by molar-refractivity contribution is 5.96. The normalized spacial score (nSPS) is 14.6. The number of carbonyl (C=O) groups excluding carboxylic acids is 2. The average Bonchev–Trinajstić information content (AvgIpc) is 2.76. The first kappa shape index (κ1) is 26.5. The van der Waals surface area contributed by atoms with E-state index in [9.17, 15) is 14.4 Å². The van der Waals surface area contributed by atoms with E-state index in [4.69, 9.17) is 9.15 Å². The number of hydrogen-bond acceptors (Lipinski definition) is 6. The van der Waals surface area contributed by atoms with Crippen LogP contribution in [0.2, 0.25) is 0 Å². The van der Waals surface area contributed by atoms with Crippen LogP contribution in [0.3, 0.4) is 0 Å². The van der Waals surface area contributed by atoms with Crippen LogP contribution in [0.15, 0.2) is 45.1 Å². The molecule has 0 saturated carbocycles. The van der Waals surface area contributed by atoms with Gasteiger partial charge in [-0.2, -0.15) is 0 Å². The zero-order chi connectivity index (χ0) is 25.8. The maximum atomic E-state index is 13.3. The predicted octanol–water partition coefficient (Wildman–Crippen LogP) is 4.34. The zero-order valence-electron chi connectivity index (χ0n) is 21.7. The van der Waals surface area contributed by atoms with E-state index >= 15 is 0 Å². The van der Waals surface area contributed by atoms with Gasteiger partial charge in [0.05, 0.1) is 0 Å². The molecular weight excluding hydrogens is 446 g/mol. The number of hydrogen-bond donors (Lipinski definition) is 0. The van der Waals surface area contributed by atoms with Crippen LogP contribution in [0.5, 0.6) is 0 Å². The third-order valence-electron chi connectivity index (χ3n) is 5.90. The SMILES string of the molecule is CC(C)=CCN(C(=O)CCN1CCN(C(=O)OC(C)(C)C)CC1)c1ccc2c(C)cc(=O)oc2c1. The second-order valence-electron chi connectivity index (χ2n) is 10.3. The lowest BCUT2D eigenvalue weighted by Crippen LogP contribution is -2.50. The highest BCUT2D eigenvalue weighted by Crippen LogP contribution is 2.24. The van der Waals surface area contributed by atoms with Crippen LogP contribution < -0.4 is 10.5 Å². The number of rotatable bonds is 6. The molecule has 190 valence electrons. The standard InChI is InChI=1S/C27H37N3O5/c1-19(2)9-12-30(21-7-8-22-20(3)17-25(32)34-23(22)18-21)24(31)10-11-28-13-15-29(16-14-28)26(33)35-27(4,5)6/h7-9,17-18H,10-16H2,1-6H3. The van der Waals surface area contributed by atoms with Gasteiger partial charge in [-0.1, -0.05) is 11.6 Å². The molecule has 8 nitrogen and oxygen atoms in total. The van der Waals surface area contributed by atoms with Crippen LogP contribution >= 0.6 is 0 Å². The van der Waals surface area contributed by atoms with Crippen molar-refractivity contribution in [3.8, 4) is 0 Å². The van der Waals surface area contributed by atoms with Crippen molar-refractivity contribution in [3.05, 3.63) is 51.9 Å². The second-order valence-corrected chi connectivity index (χ2v) is 10.3. The lowest BCUT2D eigenvalue weighted by Gasteiger charge is -2.35. The van der Waals surface area contributed by atoms with Crippen LogP contribution in [0, 0.1) is 6.92 Å². The predicted molar refractivity (Wildman–Crippen MR) is 138 cm³/mol. The van der Waals surface area contributed by atoms with E-state index in [-0.39, 0.29) is 12.0 Å². The third kappa shape index (κ3) is 7.42. The Labute approximate surface area is 207 Å². The molecule has 2 heterocycles. The molecule has 3 rings (SSSR count). The second kappa shape index (κ2) is 11.1. The fourth-order valence-electron chi connectivity index (χ4n) is 3.98. The number of benzene rings is 1. The Morgan fingerprint density at radius 2 is 1.80 bits per heavy atom. The summed E-state index contributed by atoms with van der Waals surface area (Å²) < 4.78 is 10.9. The fraction of sp³-hybridized carbons (Fsp3) is 0.519. The van der Waals surface area contributed by atoms with E-state index in [1.807, 2.05) is 59.8 Å². The molecule has 1 saturated heterocycles. The smallest absolute Gasteiger partial charge is 0.410 e. The summed E-state index contributed by atoms with van der Waals surface area (Å²) in [7, 11) is 0. The number of nitrogens with zero attached hydrogens (tertiary/aromatic N) is 3. The molecule has 2 amide bonds. The Balaban J connectivity index is 1.66. The fourth-order valence-corrected chi connectivity index (χ4v) is 3.98. The molecule has 0 bridgehead atoms. The van der Waals surface area contributed by atoms with Gasteiger partial charge in [-0.3, -0.25) is 9.69 Å². The quantitative estimate of drug-likeness (QED) is 0.449. The Bertz CT molecular complexity index is 1150. The van der Waals surface area contributed by atoms with Crippen LogP contribution in [0.4, 0.5) is 10.5 Å². The Morgan fingerprint density at radius 3 is 2.43 bits per heavy atom. The largest absolute Gasteiger partial charge is 0.444 e. The summed E-state index contributed by atoms with van der Waals surface area (Å²) in [6.45, 7) is 15.0. The molecule has 0 N–H and O–H groups in total. The summed E-state index contributed by atoms with van der Waals surface area (Å²) in [5.41, 5.74) is 2.21. The molecule has 0 radical (unpaired) electrons. The summed E-state index contributed by atoms with van der Waals surface area (Å²) >= 11 is 0. The van der Waals surface area contributed by atoms with Gasteiger partial charge in [0.2, 0.25) is 5.91 Å². The van der Waals surface area contributed by atoms with Gasteiger partial charge >= 0.3 is 11.7 Å². The lowest BCUT2D eigenvalue weighted by molar-refractivity contribution is -0.119. The average molecular weight is 484 g/mol. The molecule has 0 unspecified atom stereocenters. The monoisotopic (exact) mass is 483 g/mol. The Hall–Kier alpha value is -3.13. The number of carbonyl (C=O) groups is 2. The molecular formula is C27H37N3O5. The van der Waals surface area contributed by atoms with Crippen LogP contribution in [-0.4, -0.2) is 66.7 Å². The first-order chi connectivity index (χ1) is 16.4. The van der Waals surface area contributed by atoms with Gasteiger partial charge in [-0.25, -0.2) is 9.59 Å². The maximum absolute atomic E-state index is 13.3. The zero-order valence-corrected chi connectivity index (χ0v) is 21.7. The number of aryl methyl sites for hydroxylation is 1. The van der Waals surface area contributed by atoms with Crippen molar-refractivity contribution in [2.24, 2.45) is 0 Å². The van der Waals surface area contributed by atoms with Gasteiger partial charge in [-0.15, -0.1) is 0 Å². The first-order valence-corrected chi connectivity index (χ1v) is 12.1. The molecule has 1 aliphatic heterocycles. The lowest BCUT2D eigenvalue weighted by atomic mass is 10.1. The minimum absolute atomic E-state index is 0.00794. The summed E-state index contributed by atoms with van der Waals surface area (Å²) in [4.78, 5) is 43.1. The van der Waals surface area contributed by atoms with Crippen molar-refractivity contribution in [3.63, 3.8) is 0 Å². The molecule has 1 aliphatic rings. The van der Waals surface area contributed by atoms with Gasteiger partial charge in [0.15, 0.2) is 0 Å². The van der Waals surface area contributed by atoms with Crippen LogP contribution in [-0.2, 0) is 9.53 Å². The van der Waals surface area contributed by atoms with Gasteiger partial charge in [0.25, 0.3) is 0 Å². The maximum Gasteiger partial charge on any atom is 0.410 e. The van der Waals surface area contributed by atoms with Crippen molar-refractivity contribution >= 4 is 28.7 Å². The summed E-state index contributed by atoms with van der Waals surface area (Å²) in [6.07, 6.45) is 2.06. The molecule has 0 aliphatic carbocycles. The van der Waals surface area contributed by atoms with Gasteiger partial charge < -0.3 is 19.0 Å². The molecule has 1 aromatic heterocycles. The summed E-state index contributed by atoms with van der Waals surface area (Å²) in [5.74, 6) is -0.00794. The molecule has 2 aromatic rings. The van der Waals surface area contributed by atoms with E-state index < -0.39 is 11.2 Å². The Kier molecular flexibility index (Phi) is 8.38. The number of amides is 2. The number of piperazine rings is 1. The van der Waals surface area contributed by atoms with E-state index in [0.29, 0.717) is 57.0 Å². The van der Waals surface area contributed by atoms with E-state index in [2.05, 4.69) is 4.90 Å². The molecule has 1 aromatic carbocycles. The Morgan fingerprint density at radius 1 is 1.11 bits per heavy atom. The van der Waals surface area contributed by atoms with Crippen molar-refractivity contribution in [1.29, 1.82) is 0 Å². The highest BCUT2D eigenvalue weighted by Gasteiger charge is 2.26. The minimum atomic E-state index is -0.515. The van der Waals surface area contributed by atoms with Gasteiger partial charge in [0, 0.05) is 68.9 Å². The van der Waals surface area contributed by atoms with Gasteiger partial charge in [-0.05, 0) is 59.2 Å². The van der Waals surface area contributed by atoms with Crippen molar-refractivity contribution in [1.82, 2.24) is 9.80 Å². The highest BCUT2D eigenvalue weighted by atomic mass is 16.6. The molecule has 0 spiro atoms. The molecule has 35 heavy (non-hydrogen) atoms. The minimum Gasteiger partial charge on any atom is -0.444 e. The van der Waals surface area contributed by atoms with Crippen molar-refractivity contribution < 1.29 is 18.7 Å². The first-order valence-electron chi connectivity index (χ1n) is 12.1. The third-order valence-corrected chi connectivity index (χ3v) is 5.90. The number of anilines is 1. The van der Waals surface area contributed by atoms with Gasteiger partial charge in [0.1, 0.15) is 11.2 Å². The van der Waals surface area contributed by atoms with E-state index in [1.165, 1.54) is 6.07 Å². The van der Waals surface area contributed by atoms with E-state index in [1.54, 1.807) is 15.9 Å². The number of ether oxygens (including phenoxy) is 1. The summed E-state index contributed by atoms with van der Waals surface area (Å²) in [5, 5.41) is 0.853.